The average Bonchev–Trinajstić information content (AvgIpc) is 2.67. The van der Waals surface area contributed by atoms with Gasteiger partial charge in [-0.15, -0.1) is 0 Å². The highest BCUT2D eigenvalue weighted by atomic mass is 16.5. The summed E-state index contributed by atoms with van der Waals surface area (Å²) in [4.78, 5) is 17.8. The van der Waals surface area contributed by atoms with E-state index >= 15 is 0 Å². The SMILES string of the molecule is CC1(c2ncc(CC(=O)O)[nH]2)CCCCO1. The van der Waals surface area contributed by atoms with Gasteiger partial charge in [0.05, 0.1) is 6.42 Å². The molecule has 1 atom stereocenters. The van der Waals surface area contributed by atoms with E-state index in [0.29, 0.717) is 5.69 Å². The van der Waals surface area contributed by atoms with Crippen molar-refractivity contribution < 1.29 is 14.6 Å². The van der Waals surface area contributed by atoms with Crippen molar-refractivity contribution in [3.63, 3.8) is 0 Å². The van der Waals surface area contributed by atoms with Gasteiger partial charge in [-0.3, -0.25) is 4.79 Å². The molecule has 2 heterocycles. The minimum Gasteiger partial charge on any atom is -0.481 e. The van der Waals surface area contributed by atoms with E-state index in [1.807, 2.05) is 6.92 Å². The number of imidazole rings is 1. The third kappa shape index (κ3) is 2.24. The number of aromatic nitrogens is 2. The smallest absolute Gasteiger partial charge is 0.309 e. The molecule has 1 saturated heterocycles. The molecule has 2 N–H and O–H groups in total. The molecule has 0 spiro atoms. The van der Waals surface area contributed by atoms with Crippen LogP contribution < -0.4 is 0 Å². The van der Waals surface area contributed by atoms with Crippen molar-refractivity contribution in [1.29, 1.82) is 0 Å². The molecule has 1 aromatic heterocycles. The van der Waals surface area contributed by atoms with Gasteiger partial charge in [-0.25, -0.2) is 4.98 Å². The molecule has 5 nitrogen and oxygen atoms in total. The maximum atomic E-state index is 10.6. The van der Waals surface area contributed by atoms with E-state index in [9.17, 15) is 4.79 Å². The Hall–Kier alpha value is -1.36. The average molecular weight is 224 g/mol. The number of ether oxygens (including phenoxy) is 1. The zero-order chi connectivity index (χ0) is 11.6. The van der Waals surface area contributed by atoms with Gasteiger partial charge in [-0.05, 0) is 26.2 Å². The number of nitrogens with one attached hydrogen (secondary N) is 1. The molecule has 2 rings (SSSR count). The Bertz CT molecular complexity index is 380. The highest BCUT2D eigenvalue weighted by molar-refractivity contribution is 5.69. The number of aromatic amines is 1. The number of carboxylic acid groups (broad SMARTS) is 1. The van der Waals surface area contributed by atoms with Gasteiger partial charge in [0, 0.05) is 18.5 Å². The van der Waals surface area contributed by atoms with E-state index in [4.69, 9.17) is 9.84 Å². The lowest BCUT2D eigenvalue weighted by atomic mass is 9.95. The molecule has 16 heavy (non-hydrogen) atoms. The third-order valence-electron chi connectivity index (χ3n) is 2.94. The van der Waals surface area contributed by atoms with E-state index in [2.05, 4.69) is 9.97 Å². The number of hydrogen-bond acceptors (Lipinski definition) is 3. The lowest BCUT2D eigenvalue weighted by molar-refractivity contribution is -0.136. The van der Waals surface area contributed by atoms with E-state index < -0.39 is 5.97 Å². The molecule has 0 bridgehead atoms. The molecular weight excluding hydrogens is 208 g/mol. The van der Waals surface area contributed by atoms with E-state index in [1.165, 1.54) is 0 Å². The van der Waals surface area contributed by atoms with Crippen molar-refractivity contribution in [2.75, 3.05) is 6.61 Å². The topological polar surface area (TPSA) is 75.2 Å². The van der Waals surface area contributed by atoms with Crippen molar-refractivity contribution in [2.24, 2.45) is 0 Å². The van der Waals surface area contributed by atoms with Crippen molar-refractivity contribution in [3.05, 3.63) is 17.7 Å². The standard InChI is InChI=1S/C11H16N2O3/c1-11(4-2-3-5-16-11)10-12-7-8(13-10)6-9(14)15/h7H,2-6H2,1H3,(H,12,13)(H,14,15). The number of rotatable bonds is 3. The molecule has 1 aliphatic heterocycles. The van der Waals surface area contributed by atoms with Gasteiger partial charge in [0.15, 0.2) is 0 Å². The van der Waals surface area contributed by atoms with Crippen LogP contribution in [0.1, 0.15) is 37.7 Å². The monoisotopic (exact) mass is 224 g/mol. The fraction of sp³-hybridized carbons (Fsp3) is 0.636. The first-order chi connectivity index (χ1) is 7.60. The predicted octanol–water partition coefficient (Wildman–Crippen LogP) is 1.45. The van der Waals surface area contributed by atoms with Crippen molar-refractivity contribution in [1.82, 2.24) is 9.97 Å². The van der Waals surface area contributed by atoms with Crippen molar-refractivity contribution in [3.8, 4) is 0 Å². The second-order valence-corrected chi connectivity index (χ2v) is 4.36. The van der Waals surface area contributed by atoms with Crippen LogP contribution in [0.25, 0.3) is 0 Å². The number of hydrogen-bond donors (Lipinski definition) is 2. The highest BCUT2D eigenvalue weighted by Crippen LogP contribution is 2.32. The Kier molecular flexibility index (Phi) is 2.96. The molecule has 1 unspecified atom stereocenters. The lowest BCUT2D eigenvalue weighted by Crippen LogP contribution is -2.31. The molecule has 0 aromatic carbocycles. The second kappa shape index (κ2) is 4.25. The fourth-order valence-corrected chi connectivity index (χ4v) is 2.00. The minimum atomic E-state index is -0.857. The Morgan fingerprint density at radius 3 is 3.12 bits per heavy atom. The Morgan fingerprint density at radius 2 is 2.50 bits per heavy atom. The molecular formula is C11H16N2O3. The van der Waals surface area contributed by atoms with E-state index in [-0.39, 0.29) is 12.0 Å². The van der Waals surface area contributed by atoms with Gasteiger partial charge < -0.3 is 14.8 Å². The van der Waals surface area contributed by atoms with Crippen molar-refractivity contribution in [2.45, 2.75) is 38.2 Å². The van der Waals surface area contributed by atoms with Crippen LogP contribution in [0.15, 0.2) is 6.20 Å². The summed E-state index contributed by atoms with van der Waals surface area (Å²) < 4.78 is 5.73. The molecule has 0 radical (unpaired) electrons. The Balaban J connectivity index is 2.13. The minimum absolute atomic E-state index is 0.0247. The number of aliphatic carboxylic acids is 1. The van der Waals surface area contributed by atoms with Crippen LogP contribution in [0.5, 0.6) is 0 Å². The van der Waals surface area contributed by atoms with Crippen LogP contribution in [0, 0.1) is 0 Å². The van der Waals surface area contributed by atoms with Gasteiger partial charge >= 0.3 is 5.97 Å². The molecule has 88 valence electrons. The van der Waals surface area contributed by atoms with Crippen LogP contribution in [0.4, 0.5) is 0 Å². The molecule has 0 amide bonds. The molecule has 0 aliphatic carbocycles. The molecule has 1 fully saturated rings. The predicted molar refractivity (Wildman–Crippen MR) is 57.1 cm³/mol. The zero-order valence-corrected chi connectivity index (χ0v) is 9.32. The Morgan fingerprint density at radius 1 is 1.69 bits per heavy atom. The van der Waals surface area contributed by atoms with Crippen LogP contribution >= 0.6 is 0 Å². The van der Waals surface area contributed by atoms with Gasteiger partial charge in [0.2, 0.25) is 0 Å². The van der Waals surface area contributed by atoms with Gasteiger partial charge in [0.25, 0.3) is 0 Å². The first-order valence-corrected chi connectivity index (χ1v) is 5.50. The van der Waals surface area contributed by atoms with Gasteiger partial charge in [-0.2, -0.15) is 0 Å². The second-order valence-electron chi connectivity index (χ2n) is 4.36. The van der Waals surface area contributed by atoms with Gasteiger partial charge in [-0.1, -0.05) is 0 Å². The van der Waals surface area contributed by atoms with Crippen LogP contribution in [0.3, 0.4) is 0 Å². The lowest BCUT2D eigenvalue weighted by Gasteiger charge is -2.31. The summed E-state index contributed by atoms with van der Waals surface area (Å²) >= 11 is 0. The summed E-state index contributed by atoms with van der Waals surface area (Å²) in [5.74, 6) is -0.117. The van der Waals surface area contributed by atoms with Crippen LogP contribution in [-0.2, 0) is 21.6 Å². The van der Waals surface area contributed by atoms with Crippen LogP contribution in [-0.4, -0.2) is 27.7 Å². The summed E-state index contributed by atoms with van der Waals surface area (Å²) in [6, 6.07) is 0. The first kappa shape index (κ1) is 11.1. The Labute approximate surface area is 93.8 Å². The number of carboxylic acids is 1. The van der Waals surface area contributed by atoms with Crippen molar-refractivity contribution >= 4 is 5.97 Å². The summed E-state index contributed by atoms with van der Waals surface area (Å²) in [6.07, 6.45) is 4.67. The molecule has 1 aliphatic rings. The normalized spacial score (nSPS) is 25.6. The van der Waals surface area contributed by atoms with E-state index in [1.54, 1.807) is 6.20 Å². The zero-order valence-electron chi connectivity index (χ0n) is 9.32. The molecule has 1 aromatic rings. The van der Waals surface area contributed by atoms with Crippen LogP contribution in [0.2, 0.25) is 0 Å². The molecule has 5 heteroatoms. The summed E-state index contributed by atoms with van der Waals surface area (Å²) in [5, 5.41) is 8.67. The fourth-order valence-electron chi connectivity index (χ4n) is 2.00. The van der Waals surface area contributed by atoms with Gasteiger partial charge in [0.1, 0.15) is 11.4 Å². The molecule has 0 saturated carbocycles. The quantitative estimate of drug-likeness (QED) is 0.814. The summed E-state index contributed by atoms with van der Waals surface area (Å²) in [7, 11) is 0. The first-order valence-electron chi connectivity index (χ1n) is 5.50. The number of carbonyl (C=O) groups is 1. The maximum absolute atomic E-state index is 10.6. The third-order valence-corrected chi connectivity index (χ3v) is 2.94. The maximum Gasteiger partial charge on any atom is 0.309 e. The summed E-state index contributed by atoms with van der Waals surface area (Å²) in [5.41, 5.74) is 0.243. The summed E-state index contributed by atoms with van der Waals surface area (Å²) in [6.45, 7) is 2.74. The van der Waals surface area contributed by atoms with E-state index in [0.717, 1.165) is 31.7 Å². The number of nitrogens with zero attached hydrogens (tertiary/aromatic N) is 1. The number of H-pyrrole nitrogens is 1. The highest BCUT2D eigenvalue weighted by Gasteiger charge is 2.32. The largest absolute Gasteiger partial charge is 0.481 e.